The van der Waals surface area contributed by atoms with Crippen LogP contribution in [-0.4, -0.2) is 0 Å². The summed E-state index contributed by atoms with van der Waals surface area (Å²) in [7, 11) is 0. The smallest absolute Gasteiger partial charge is 0.204 e. The Labute approximate surface area is 94.6 Å². The summed E-state index contributed by atoms with van der Waals surface area (Å²) in [6.45, 7) is 1.82. The standard InChI is InChI=1S/C14H13NO/c1-11-7-5-6-10-13(14(11)16)15-12-8-3-2-4-9-12/h2-10H,1H3,(H,15,16). The molecule has 0 spiro atoms. The van der Waals surface area contributed by atoms with Crippen LogP contribution in [0.3, 0.4) is 0 Å². The third kappa shape index (κ3) is 2.28. The van der Waals surface area contributed by atoms with Gasteiger partial charge in [0.05, 0.1) is 5.69 Å². The lowest BCUT2D eigenvalue weighted by Crippen LogP contribution is -2.07. The number of hydrogen-bond acceptors (Lipinski definition) is 2. The normalized spacial score (nSPS) is 9.81. The van der Waals surface area contributed by atoms with Gasteiger partial charge in [0.2, 0.25) is 5.43 Å². The number of hydrogen-bond donors (Lipinski definition) is 1. The van der Waals surface area contributed by atoms with E-state index in [9.17, 15) is 4.79 Å². The van der Waals surface area contributed by atoms with Crippen LogP contribution < -0.4 is 10.7 Å². The van der Waals surface area contributed by atoms with Gasteiger partial charge in [0.25, 0.3) is 0 Å². The van der Waals surface area contributed by atoms with Crippen LogP contribution in [0.4, 0.5) is 11.4 Å². The van der Waals surface area contributed by atoms with Gasteiger partial charge in [-0.25, -0.2) is 0 Å². The van der Waals surface area contributed by atoms with Crippen molar-refractivity contribution in [2.24, 2.45) is 0 Å². The van der Waals surface area contributed by atoms with Crippen LogP contribution in [-0.2, 0) is 0 Å². The van der Waals surface area contributed by atoms with Gasteiger partial charge < -0.3 is 5.32 Å². The molecule has 80 valence electrons. The molecule has 1 N–H and O–H groups in total. The Morgan fingerprint density at radius 2 is 1.50 bits per heavy atom. The number of benzene rings is 1. The van der Waals surface area contributed by atoms with E-state index in [2.05, 4.69) is 5.32 Å². The van der Waals surface area contributed by atoms with Crippen molar-refractivity contribution >= 4 is 11.4 Å². The Morgan fingerprint density at radius 3 is 2.25 bits per heavy atom. The molecular weight excluding hydrogens is 198 g/mol. The van der Waals surface area contributed by atoms with Gasteiger partial charge in [0.1, 0.15) is 0 Å². The molecule has 2 aromatic rings. The van der Waals surface area contributed by atoms with E-state index in [1.54, 1.807) is 6.07 Å². The predicted molar refractivity (Wildman–Crippen MR) is 67.2 cm³/mol. The van der Waals surface area contributed by atoms with E-state index in [1.807, 2.05) is 55.5 Å². The van der Waals surface area contributed by atoms with Crippen LogP contribution in [0, 0.1) is 6.92 Å². The van der Waals surface area contributed by atoms with Crippen LogP contribution in [0.2, 0.25) is 0 Å². The van der Waals surface area contributed by atoms with Crippen LogP contribution in [0.1, 0.15) is 5.56 Å². The molecular formula is C14H13NO. The van der Waals surface area contributed by atoms with Gasteiger partial charge in [-0.15, -0.1) is 0 Å². The first-order chi connectivity index (χ1) is 7.77. The number of nitrogens with one attached hydrogen (secondary N) is 1. The first kappa shape index (κ1) is 10.4. The minimum absolute atomic E-state index is 0.0360. The summed E-state index contributed by atoms with van der Waals surface area (Å²) in [5, 5.41) is 3.12. The minimum Gasteiger partial charge on any atom is -0.352 e. The van der Waals surface area contributed by atoms with Crippen molar-refractivity contribution in [3.8, 4) is 0 Å². The fourth-order valence-electron chi connectivity index (χ4n) is 1.49. The van der Waals surface area contributed by atoms with Gasteiger partial charge in [-0.3, -0.25) is 4.79 Å². The SMILES string of the molecule is Cc1ccccc(Nc2ccccc2)c1=O. The monoisotopic (exact) mass is 211 g/mol. The van der Waals surface area contributed by atoms with E-state index < -0.39 is 0 Å². The first-order valence-corrected chi connectivity index (χ1v) is 5.19. The molecule has 2 heteroatoms. The highest BCUT2D eigenvalue weighted by Crippen LogP contribution is 2.11. The molecule has 0 heterocycles. The summed E-state index contributed by atoms with van der Waals surface area (Å²) >= 11 is 0. The van der Waals surface area contributed by atoms with E-state index in [0.717, 1.165) is 11.3 Å². The van der Waals surface area contributed by atoms with E-state index in [4.69, 9.17) is 0 Å². The Morgan fingerprint density at radius 1 is 0.875 bits per heavy atom. The van der Waals surface area contributed by atoms with Gasteiger partial charge in [-0.1, -0.05) is 36.4 Å². The molecule has 0 aromatic heterocycles. The van der Waals surface area contributed by atoms with Gasteiger partial charge >= 0.3 is 0 Å². The molecule has 0 atom stereocenters. The highest BCUT2D eigenvalue weighted by atomic mass is 16.1. The zero-order valence-corrected chi connectivity index (χ0v) is 9.10. The Kier molecular flexibility index (Phi) is 3.01. The maximum Gasteiger partial charge on any atom is 0.204 e. The number of aryl methyl sites for hydroxylation is 1. The lowest BCUT2D eigenvalue weighted by molar-refractivity contribution is 1.42. The summed E-state index contributed by atoms with van der Waals surface area (Å²) < 4.78 is 0. The van der Waals surface area contributed by atoms with Crippen LogP contribution in [0.25, 0.3) is 0 Å². The topological polar surface area (TPSA) is 29.1 Å². The molecule has 0 radical (unpaired) electrons. The Balaban J connectivity index is 2.41. The van der Waals surface area contributed by atoms with E-state index >= 15 is 0 Å². The second-order valence-electron chi connectivity index (χ2n) is 3.64. The Hall–Kier alpha value is -2.09. The second-order valence-corrected chi connectivity index (χ2v) is 3.64. The van der Waals surface area contributed by atoms with Crippen molar-refractivity contribution in [1.29, 1.82) is 0 Å². The average molecular weight is 211 g/mol. The summed E-state index contributed by atoms with van der Waals surface area (Å²) in [5.41, 5.74) is 2.30. The molecule has 0 saturated carbocycles. The predicted octanol–water partition coefficient (Wildman–Crippen LogP) is 3.10. The maximum absolute atomic E-state index is 11.9. The quantitative estimate of drug-likeness (QED) is 0.827. The van der Waals surface area contributed by atoms with Crippen molar-refractivity contribution in [3.63, 3.8) is 0 Å². The highest BCUT2D eigenvalue weighted by Gasteiger charge is 1.99. The summed E-state index contributed by atoms with van der Waals surface area (Å²) in [4.78, 5) is 11.9. The highest BCUT2D eigenvalue weighted by molar-refractivity contribution is 5.59. The van der Waals surface area contributed by atoms with Crippen molar-refractivity contribution in [2.75, 3.05) is 5.32 Å². The molecule has 2 aromatic carbocycles. The van der Waals surface area contributed by atoms with Gasteiger partial charge in [-0.05, 0) is 30.7 Å². The van der Waals surface area contributed by atoms with Gasteiger partial charge in [-0.2, -0.15) is 0 Å². The zero-order chi connectivity index (χ0) is 11.4. The molecule has 0 fully saturated rings. The molecule has 0 saturated heterocycles. The number of anilines is 2. The zero-order valence-electron chi connectivity index (χ0n) is 9.10. The van der Waals surface area contributed by atoms with Gasteiger partial charge in [0, 0.05) is 5.69 Å². The largest absolute Gasteiger partial charge is 0.352 e. The van der Waals surface area contributed by atoms with E-state index in [1.165, 1.54) is 0 Å². The van der Waals surface area contributed by atoms with Crippen LogP contribution in [0.5, 0.6) is 0 Å². The van der Waals surface area contributed by atoms with Crippen LogP contribution >= 0.6 is 0 Å². The van der Waals surface area contributed by atoms with E-state index in [-0.39, 0.29) is 5.43 Å². The number of para-hydroxylation sites is 1. The summed E-state index contributed by atoms with van der Waals surface area (Å²) in [5.74, 6) is 0. The van der Waals surface area contributed by atoms with Gasteiger partial charge in [0.15, 0.2) is 0 Å². The summed E-state index contributed by atoms with van der Waals surface area (Å²) in [6.07, 6.45) is 0. The molecule has 0 unspecified atom stereocenters. The minimum atomic E-state index is 0.0360. The van der Waals surface area contributed by atoms with Crippen molar-refractivity contribution < 1.29 is 0 Å². The number of rotatable bonds is 2. The molecule has 0 aliphatic heterocycles. The fraction of sp³-hybridized carbons (Fsp3) is 0.0714. The van der Waals surface area contributed by atoms with Crippen molar-refractivity contribution in [1.82, 2.24) is 0 Å². The fourth-order valence-corrected chi connectivity index (χ4v) is 1.49. The lowest BCUT2D eigenvalue weighted by atomic mass is 10.2. The average Bonchev–Trinajstić information content (AvgIpc) is 2.46. The third-order valence-corrected chi connectivity index (χ3v) is 2.38. The molecule has 2 nitrogen and oxygen atoms in total. The molecule has 0 aliphatic rings. The third-order valence-electron chi connectivity index (χ3n) is 2.38. The summed E-state index contributed by atoms with van der Waals surface area (Å²) in [6, 6.07) is 17.0. The van der Waals surface area contributed by atoms with Crippen molar-refractivity contribution in [3.05, 3.63) is 70.4 Å². The van der Waals surface area contributed by atoms with Crippen LogP contribution in [0.15, 0.2) is 59.4 Å². The molecule has 0 bridgehead atoms. The maximum atomic E-state index is 11.9. The van der Waals surface area contributed by atoms with E-state index in [0.29, 0.717) is 5.69 Å². The molecule has 0 aliphatic carbocycles. The van der Waals surface area contributed by atoms with Crippen molar-refractivity contribution in [2.45, 2.75) is 6.92 Å². The second kappa shape index (κ2) is 4.62. The molecule has 2 rings (SSSR count). The molecule has 0 amide bonds. The molecule has 16 heavy (non-hydrogen) atoms. The first-order valence-electron chi connectivity index (χ1n) is 5.19. The Bertz CT molecular complexity index is 535. The lowest BCUT2D eigenvalue weighted by Gasteiger charge is -2.03.